The van der Waals surface area contributed by atoms with Crippen LogP contribution in [0.2, 0.25) is 0 Å². The van der Waals surface area contributed by atoms with E-state index in [2.05, 4.69) is 10.5 Å². The zero-order valence-corrected chi connectivity index (χ0v) is 19.1. The minimum atomic E-state index is -3.66. The summed E-state index contributed by atoms with van der Waals surface area (Å²) in [4.78, 5) is 12.4. The first kappa shape index (κ1) is 23.2. The number of amides is 1. The molecule has 0 atom stereocenters. The van der Waals surface area contributed by atoms with Gasteiger partial charge in [-0.2, -0.15) is 5.10 Å². The number of benzene rings is 2. The van der Waals surface area contributed by atoms with Crippen LogP contribution in [0.25, 0.3) is 5.69 Å². The Bertz CT molecular complexity index is 1250. The Hall–Kier alpha value is -3.46. The number of hydrazone groups is 1. The van der Waals surface area contributed by atoms with Gasteiger partial charge in [-0.3, -0.25) is 9.10 Å². The monoisotopic (exact) mass is 456 g/mol. The molecule has 0 saturated heterocycles. The Kier molecular flexibility index (Phi) is 6.78. The van der Waals surface area contributed by atoms with Gasteiger partial charge < -0.3 is 4.57 Å². The Morgan fingerprint density at radius 2 is 1.72 bits per heavy atom. The summed E-state index contributed by atoms with van der Waals surface area (Å²) in [5, 5.41) is 3.99. The number of sulfonamides is 1. The average molecular weight is 457 g/mol. The van der Waals surface area contributed by atoms with Gasteiger partial charge in [-0.1, -0.05) is 17.7 Å². The fraction of sp³-hybridized carbons (Fsp3) is 0.217. The molecule has 0 bridgehead atoms. The van der Waals surface area contributed by atoms with Crippen molar-refractivity contribution in [2.75, 3.05) is 17.1 Å². The Labute approximate surface area is 187 Å². The highest BCUT2D eigenvalue weighted by Gasteiger charge is 2.20. The molecule has 0 saturated carbocycles. The summed E-state index contributed by atoms with van der Waals surface area (Å²) < 4.78 is 40.5. The van der Waals surface area contributed by atoms with Crippen molar-refractivity contribution >= 4 is 27.8 Å². The van der Waals surface area contributed by atoms with Crippen molar-refractivity contribution in [3.63, 3.8) is 0 Å². The standard InChI is InChI=1S/C23H25FN4O3S/c1-16-5-9-21(10-6-16)27(32(4,30)31)15-23(29)26-25-14-19-13-17(2)28(18(19)3)22-11-7-20(24)8-12-22/h5-14H,15H2,1-4H3,(H,26,29)/b25-14+. The minimum Gasteiger partial charge on any atom is -0.318 e. The number of carbonyl (C=O) groups excluding carboxylic acids is 1. The van der Waals surface area contributed by atoms with Crippen molar-refractivity contribution < 1.29 is 17.6 Å². The maximum Gasteiger partial charge on any atom is 0.260 e. The van der Waals surface area contributed by atoms with Crippen molar-refractivity contribution in [1.82, 2.24) is 9.99 Å². The molecule has 3 aromatic rings. The van der Waals surface area contributed by atoms with Crippen LogP contribution < -0.4 is 9.73 Å². The number of aromatic nitrogens is 1. The molecule has 32 heavy (non-hydrogen) atoms. The number of rotatable bonds is 7. The molecule has 1 aromatic heterocycles. The average Bonchev–Trinajstić information content (AvgIpc) is 3.00. The molecule has 9 heteroatoms. The normalized spacial score (nSPS) is 11.7. The van der Waals surface area contributed by atoms with E-state index in [1.165, 1.54) is 18.3 Å². The third kappa shape index (κ3) is 5.42. The Morgan fingerprint density at radius 1 is 1.09 bits per heavy atom. The molecule has 1 N–H and O–H groups in total. The zero-order valence-electron chi connectivity index (χ0n) is 18.3. The summed E-state index contributed by atoms with van der Waals surface area (Å²) in [7, 11) is -3.66. The molecule has 3 rings (SSSR count). The first-order valence-electron chi connectivity index (χ1n) is 9.87. The van der Waals surface area contributed by atoms with Crippen LogP contribution in [0.5, 0.6) is 0 Å². The van der Waals surface area contributed by atoms with E-state index >= 15 is 0 Å². The molecule has 7 nitrogen and oxygen atoms in total. The maximum absolute atomic E-state index is 13.2. The number of nitrogens with zero attached hydrogens (tertiary/aromatic N) is 3. The summed E-state index contributed by atoms with van der Waals surface area (Å²) in [6, 6.07) is 14.9. The highest BCUT2D eigenvalue weighted by atomic mass is 32.2. The molecular formula is C23H25FN4O3S. The summed E-state index contributed by atoms with van der Waals surface area (Å²) in [5.41, 5.74) is 7.13. The second-order valence-corrected chi connectivity index (χ2v) is 9.44. The third-order valence-electron chi connectivity index (χ3n) is 4.96. The molecule has 1 heterocycles. The minimum absolute atomic E-state index is 0.311. The predicted molar refractivity (Wildman–Crippen MR) is 124 cm³/mol. The quantitative estimate of drug-likeness (QED) is 0.437. The molecule has 0 radical (unpaired) electrons. The lowest BCUT2D eigenvalue weighted by atomic mass is 10.2. The summed E-state index contributed by atoms with van der Waals surface area (Å²) in [6.45, 7) is 5.30. The molecule has 0 aliphatic carbocycles. The van der Waals surface area contributed by atoms with Crippen molar-refractivity contribution in [3.8, 4) is 5.69 Å². The molecule has 0 aliphatic heterocycles. The van der Waals surface area contributed by atoms with Gasteiger partial charge >= 0.3 is 0 Å². The Balaban J connectivity index is 1.73. The first-order valence-corrected chi connectivity index (χ1v) is 11.7. The van der Waals surface area contributed by atoms with Gasteiger partial charge in [-0.25, -0.2) is 18.2 Å². The molecule has 0 fully saturated rings. The van der Waals surface area contributed by atoms with E-state index < -0.39 is 22.5 Å². The van der Waals surface area contributed by atoms with E-state index in [1.54, 1.807) is 36.4 Å². The second kappa shape index (κ2) is 9.35. The largest absolute Gasteiger partial charge is 0.318 e. The van der Waals surface area contributed by atoms with E-state index in [0.29, 0.717) is 5.69 Å². The lowest BCUT2D eigenvalue weighted by Crippen LogP contribution is -2.39. The molecule has 2 aromatic carbocycles. The van der Waals surface area contributed by atoms with E-state index in [4.69, 9.17) is 0 Å². The fourth-order valence-electron chi connectivity index (χ4n) is 3.36. The van der Waals surface area contributed by atoms with Crippen molar-refractivity contribution in [2.24, 2.45) is 5.10 Å². The van der Waals surface area contributed by atoms with Crippen LogP contribution in [0.3, 0.4) is 0 Å². The molecule has 0 aliphatic rings. The van der Waals surface area contributed by atoms with E-state index in [1.807, 2.05) is 31.4 Å². The lowest BCUT2D eigenvalue weighted by molar-refractivity contribution is -0.119. The molecule has 1 amide bonds. The molecular weight excluding hydrogens is 431 g/mol. The van der Waals surface area contributed by atoms with E-state index in [9.17, 15) is 17.6 Å². The van der Waals surface area contributed by atoms with Gasteiger partial charge in [0.05, 0.1) is 18.2 Å². The van der Waals surface area contributed by atoms with Gasteiger partial charge in [-0.15, -0.1) is 0 Å². The number of aryl methyl sites for hydroxylation is 2. The topological polar surface area (TPSA) is 83.8 Å². The van der Waals surface area contributed by atoms with Crippen molar-refractivity contribution in [1.29, 1.82) is 0 Å². The second-order valence-electron chi connectivity index (χ2n) is 7.54. The van der Waals surface area contributed by atoms with Crippen LogP contribution in [0.1, 0.15) is 22.5 Å². The van der Waals surface area contributed by atoms with Gasteiger partial charge in [0, 0.05) is 22.6 Å². The van der Waals surface area contributed by atoms with Gasteiger partial charge in [0.25, 0.3) is 5.91 Å². The number of hydrogen-bond acceptors (Lipinski definition) is 4. The SMILES string of the molecule is Cc1ccc(N(CC(=O)N/N=C/c2cc(C)n(-c3ccc(F)cc3)c2C)S(C)(=O)=O)cc1. The van der Waals surface area contributed by atoms with Crippen LogP contribution >= 0.6 is 0 Å². The van der Waals surface area contributed by atoms with Gasteiger partial charge in [-0.05, 0) is 63.2 Å². The van der Waals surface area contributed by atoms with Crippen molar-refractivity contribution in [3.05, 3.63) is 82.9 Å². The van der Waals surface area contributed by atoms with Crippen LogP contribution in [-0.4, -0.2) is 37.9 Å². The molecule has 0 unspecified atom stereocenters. The highest BCUT2D eigenvalue weighted by molar-refractivity contribution is 7.92. The van der Waals surface area contributed by atoms with Crippen LogP contribution in [0, 0.1) is 26.6 Å². The van der Waals surface area contributed by atoms with E-state index in [-0.39, 0.29) is 5.82 Å². The van der Waals surface area contributed by atoms with Crippen molar-refractivity contribution in [2.45, 2.75) is 20.8 Å². The number of nitrogens with one attached hydrogen (secondary N) is 1. The van der Waals surface area contributed by atoms with Crippen LogP contribution in [0.15, 0.2) is 59.7 Å². The van der Waals surface area contributed by atoms with Crippen LogP contribution in [-0.2, 0) is 14.8 Å². The number of carbonyl (C=O) groups is 1. The highest BCUT2D eigenvalue weighted by Crippen LogP contribution is 2.20. The third-order valence-corrected chi connectivity index (χ3v) is 6.10. The lowest BCUT2D eigenvalue weighted by Gasteiger charge is -2.21. The Morgan fingerprint density at radius 3 is 2.31 bits per heavy atom. The van der Waals surface area contributed by atoms with Gasteiger partial charge in [0.1, 0.15) is 12.4 Å². The van der Waals surface area contributed by atoms with Gasteiger partial charge in [0.2, 0.25) is 10.0 Å². The molecule has 0 spiro atoms. The number of anilines is 1. The van der Waals surface area contributed by atoms with Crippen LogP contribution in [0.4, 0.5) is 10.1 Å². The summed E-state index contributed by atoms with van der Waals surface area (Å²) in [5.74, 6) is -0.880. The predicted octanol–water partition coefficient (Wildman–Crippen LogP) is 3.46. The van der Waals surface area contributed by atoms with E-state index in [0.717, 1.165) is 38.8 Å². The first-order chi connectivity index (χ1) is 15.1. The number of halogens is 1. The molecule has 168 valence electrons. The maximum atomic E-state index is 13.2. The zero-order chi connectivity index (χ0) is 23.5. The number of hydrogen-bond donors (Lipinski definition) is 1. The smallest absolute Gasteiger partial charge is 0.260 e. The van der Waals surface area contributed by atoms with Gasteiger partial charge in [0.15, 0.2) is 0 Å². The summed E-state index contributed by atoms with van der Waals surface area (Å²) in [6.07, 6.45) is 2.55. The fourth-order valence-corrected chi connectivity index (χ4v) is 4.21. The summed E-state index contributed by atoms with van der Waals surface area (Å²) >= 11 is 0.